The predicted octanol–water partition coefficient (Wildman–Crippen LogP) is 5.25. The minimum atomic E-state index is 0.434. The Bertz CT molecular complexity index is 852. The Labute approximate surface area is 204 Å². The summed E-state index contributed by atoms with van der Waals surface area (Å²) in [5.74, 6) is 2.62. The molecule has 2 saturated heterocycles. The van der Waals surface area contributed by atoms with E-state index in [1.165, 1.54) is 12.8 Å². The Hall–Kier alpha value is -2.38. The van der Waals surface area contributed by atoms with Crippen LogP contribution in [0.5, 0.6) is 12.0 Å². The molecule has 2 fully saturated rings. The van der Waals surface area contributed by atoms with Gasteiger partial charge in [-0.05, 0) is 50.4 Å². The summed E-state index contributed by atoms with van der Waals surface area (Å²) in [5.41, 5.74) is 1.57. The fraction of sp³-hybridized carbons (Fsp3) is 0.769. The minimum absolute atomic E-state index is 0.434. The molecule has 0 aliphatic carbocycles. The standard InChI is InChI=1S/C26H42N6O2/c1-5-19(3)17-33-25-27-21-22(23(29-25)31-13-9-7-10-14-31)28-26(34-18-20(4)6-2)30-24(21)32-15-11-8-12-16-32/h19-20H,5-18H2,1-4H3. The largest absolute Gasteiger partial charge is 0.463 e. The van der Waals surface area contributed by atoms with E-state index in [2.05, 4.69) is 37.5 Å². The van der Waals surface area contributed by atoms with Crippen LogP contribution in [0.25, 0.3) is 11.0 Å². The molecule has 0 radical (unpaired) electrons. The van der Waals surface area contributed by atoms with Gasteiger partial charge in [-0.3, -0.25) is 0 Å². The van der Waals surface area contributed by atoms with Crippen molar-refractivity contribution in [3.05, 3.63) is 0 Å². The molecule has 34 heavy (non-hydrogen) atoms. The van der Waals surface area contributed by atoms with Crippen molar-refractivity contribution in [1.82, 2.24) is 19.9 Å². The third-order valence-electron chi connectivity index (χ3n) is 7.16. The number of fused-ring (bicyclic) bond motifs is 1. The van der Waals surface area contributed by atoms with E-state index in [1.54, 1.807) is 0 Å². The van der Waals surface area contributed by atoms with Crippen molar-refractivity contribution in [2.24, 2.45) is 11.8 Å². The normalized spacial score (nSPS) is 18.7. The fourth-order valence-electron chi connectivity index (χ4n) is 4.40. The van der Waals surface area contributed by atoms with Gasteiger partial charge in [0.1, 0.15) is 11.0 Å². The summed E-state index contributed by atoms with van der Waals surface area (Å²) in [4.78, 5) is 24.2. The van der Waals surface area contributed by atoms with Crippen LogP contribution in [-0.4, -0.2) is 59.3 Å². The molecule has 4 heterocycles. The van der Waals surface area contributed by atoms with Crippen LogP contribution in [0, 0.1) is 11.8 Å². The number of hydrogen-bond donors (Lipinski definition) is 0. The van der Waals surface area contributed by atoms with Crippen LogP contribution < -0.4 is 19.3 Å². The van der Waals surface area contributed by atoms with Gasteiger partial charge in [-0.1, -0.05) is 40.5 Å². The molecule has 2 aliphatic heterocycles. The summed E-state index contributed by atoms with van der Waals surface area (Å²) in [6.07, 6.45) is 9.29. The van der Waals surface area contributed by atoms with Crippen LogP contribution in [0.1, 0.15) is 79.1 Å². The first-order valence-electron chi connectivity index (χ1n) is 13.4. The molecule has 2 unspecified atom stereocenters. The first kappa shape index (κ1) is 24.7. The van der Waals surface area contributed by atoms with E-state index in [0.717, 1.165) is 87.4 Å². The Morgan fingerprint density at radius 3 is 1.35 bits per heavy atom. The Balaban J connectivity index is 1.80. The first-order valence-corrected chi connectivity index (χ1v) is 13.4. The third-order valence-corrected chi connectivity index (χ3v) is 7.16. The summed E-state index contributed by atoms with van der Waals surface area (Å²) in [5, 5.41) is 0. The van der Waals surface area contributed by atoms with E-state index in [1.807, 2.05) is 0 Å². The molecule has 8 heteroatoms. The molecule has 188 valence electrons. The molecule has 2 aromatic heterocycles. The maximum absolute atomic E-state index is 6.11. The van der Waals surface area contributed by atoms with Crippen LogP contribution in [0.4, 0.5) is 11.6 Å². The van der Waals surface area contributed by atoms with E-state index in [9.17, 15) is 0 Å². The highest BCUT2D eigenvalue weighted by Gasteiger charge is 2.25. The average molecular weight is 471 g/mol. The smallest absolute Gasteiger partial charge is 0.319 e. The zero-order valence-corrected chi connectivity index (χ0v) is 21.6. The minimum Gasteiger partial charge on any atom is -0.463 e. The molecule has 0 aromatic carbocycles. The van der Waals surface area contributed by atoms with Crippen molar-refractivity contribution in [3.63, 3.8) is 0 Å². The van der Waals surface area contributed by atoms with Gasteiger partial charge in [0.25, 0.3) is 0 Å². The Morgan fingerprint density at radius 1 is 0.618 bits per heavy atom. The number of nitrogens with zero attached hydrogens (tertiary/aromatic N) is 6. The molecule has 4 rings (SSSR count). The van der Waals surface area contributed by atoms with Gasteiger partial charge in [0.2, 0.25) is 0 Å². The highest BCUT2D eigenvalue weighted by Crippen LogP contribution is 2.34. The van der Waals surface area contributed by atoms with Crippen LogP contribution in [0.2, 0.25) is 0 Å². The quantitative estimate of drug-likeness (QED) is 0.466. The number of anilines is 2. The molecule has 0 bridgehead atoms. The molecule has 0 amide bonds. The average Bonchev–Trinajstić information content (AvgIpc) is 2.90. The molecule has 0 spiro atoms. The maximum atomic E-state index is 6.11. The lowest BCUT2D eigenvalue weighted by Crippen LogP contribution is -2.32. The lowest BCUT2D eigenvalue weighted by molar-refractivity contribution is 0.237. The van der Waals surface area contributed by atoms with Crippen molar-refractivity contribution in [2.75, 3.05) is 49.2 Å². The van der Waals surface area contributed by atoms with E-state index in [0.29, 0.717) is 37.1 Å². The van der Waals surface area contributed by atoms with Crippen LogP contribution >= 0.6 is 0 Å². The number of rotatable bonds is 10. The lowest BCUT2D eigenvalue weighted by atomic mass is 10.1. The molecule has 2 atom stereocenters. The van der Waals surface area contributed by atoms with E-state index in [-0.39, 0.29) is 0 Å². The predicted molar refractivity (Wildman–Crippen MR) is 137 cm³/mol. The second-order valence-corrected chi connectivity index (χ2v) is 10.1. The second-order valence-electron chi connectivity index (χ2n) is 10.1. The zero-order valence-electron chi connectivity index (χ0n) is 21.6. The van der Waals surface area contributed by atoms with Crippen LogP contribution in [-0.2, 0) is 0 Å². The molecule has 2 aromatic rings. The van der Waals surface area contributed by atoms with Gasteiger partial charge in [-0.15, -0.1) is 0 Å². The van der Waals surface area contributed by atoms with Gasteiger partial charge in [0.15, 0.2) is 11.6 Å². The number of aromatic nitrogens is 4. The summed E-state index contributed by atoms with van der Waals surface area (Å²) in [6.45, 7) is 13.9. The van der Waals surface area contributed by atoms with E-state index in [4.69, 9.17) is 29.4 Å². The molecule has 8 nitrogen and oxygen atoms in total. The van der Waals surface area contributed by atoms with E-state index >= 15 is 0 Å². The number of piperidine rings is 2. The molecule has 0 saturated carbocycles. The molecular formula is C26H42N6O2. The SMILES string of the molecule is CCC(C)COc1nc(N2CCCCC2)c2nc(OCC(C)CC)nc(N3CCCCC3)c2n1. The Kier molecular flexibility index (Phi) is 8.62. The van der Waals surface area contributed by atoms with Crippen molar-refractivity contribution in [3.8, 4) is 12.0 Å². The highest BCUT2D eigenvalue weighted by atomic mass is 16.5. The Morgan fingerprint density at radius 2 is 1.00 bits per heavy atom. The van der Waals surface area contributed by atoms with Gasteiger partial charge >= 0.3 is 12.0 Å². The van der Waals surface area contributed by atoms with Crippen LogP contribution in [0.15, 0.2) is 0 Å². The summed E-state index contributed by atoms with van der Waals surface area (Å²) in [6, 6.07) is 0.868. The monoisotopic (exact) mass is 470 g/mol. The molecular weight excluding hydrogens is 428 g/mol. The van der Waals surface area contributed by atoms with Crippen molar-refractivity contribution in [1.29, 1.82) is 0 Å². The van der Waals surface area contributed by atoms with Crippen molar-refractivity contribution < 1.29 is 9.47 Å². The first-order chi connectivity index (χ1) is 16.6. The molecule has 0 N–H and O–H groups in total. The number of ether oxygens (including phenoxy) is 2. The lowest BCUT2D eigenvalue weighted by Gasteiger charge is -2.31. The third kappa shape index (κ3) is 5.99. The van der Waals surface area contributed by atoms with Gasteiger partial charge in [-0.25, -0.2) is 0 Å². The number of hydrogen-bond acceptors (Lipinski definition) is 8. The summed E-state index contributed by atoms with van der Waals surface area (Å²) < 4.78 is 12.2. The second kappa shape index (κ2) is 11.8. The van der Waals surface area contributed by atoms with E-state index < -0.39 is 0 Å². The summed E-state index contributed by atoms with van der Waals surface area (Å²) >= 11 is 0. The fourth-order valence-corrected chi connectivity index (χ4v) is 4.40. The topological polar surface area (TPSA) is 76.5 Å². The summed E-state index contributed by atoms with van der Waals surface area (Å²) in [7, 11) is 0. The maximum Gasteiger partial charge on any atom is 0.319 e. The molecule has 2 aliphatic rings. The van der Waals surface area contributed by atoms with Crippen molar-refractivity contribution in [2.45, 2.75) is 79.1 Å². The highest BCUT2D eigenvalue weighted by molar-refractivity contribution is 5.93. The van der Waals surface area contributed by atoms with Gasteiger partial charge in [0, 0.05) is 26.2 Å². The zero-order chi connectivity index (χ0) is 23.9. The van der Waals surface area contributed by atoms with Crippen LogP contribution in [0.3, 0.4) is 0 Å². The van der Waals surface area contributed by atoms with Gasteiger partial charge in [-0.2, -0.15) is 19.9 Å². The van der Waals surface area contributed by atoms with Crippen molar-refractivity contribution >= 4 is 22.7 Å². The van der Waals surface area contributed by atoms with Gasteiger partial charge < -0.3 is 19.3 Å². The van der Waals surface area contributed by atoms with Gasteiger partial charge in [0.05, 0.1) is 13.2 Å².